The minimum Gasteiger partial charge on any atom is -0.478 e. The minimum atomic E-state index is -0.988. The molecule has 76 valence electrons. The molecule has 0 bridgehead atoms. The average Bonchev–Trinajstić information content (AvgIpc) is 2.55. The van der Waals surface area contributed by atoms with Crippen molar-refractivity contribution in [3.8, 4) is 0 Å². The van der Waals surface area contributed by atoms with Crippen LogP contribution in [0.5, 0.6) is 0 Å². The number of fused-ring (bicyclic) bond motifs is 1. The fourth-order valence-corrected chi connectivity index (χ4v) is 1.58. The maximum absolute atomic E-state index is 10.7. The standard InChI is InChI=1S/C12H11NO2/c1-7-5-10-4-3-9(6-11(10)13-7)8(2)12(14)15/h3-6,13H,2H2,1H3,(H,14,15). The van der Waals surface area contributed by atoms with E-state index in [0.29, 0.717) is 5.56 Å². The lowest BCUT2D eigenvalue weighted by Gasteiger charge is -2.00. The van der Waals surface area contributed by atoms with Crippen LogP contribution in [0.1, 0.15) is 11.3 Å². The van der Waals surface area contributed by atoms with Crippen LogP contribution in [0.2, 0.25) is 0 Å². The van der Waals surface area contributed by atoms with Gasteiger partial charge in [0.25, 0.3) is 0 Å². The van der Waals surface area contributed by atoms with E-state index in [1.54, 1.807) is 12.1 Å². The molecule has 3 nitrogen and oxygen atoms in total. The van der Waals surface area contributed by atoms with E-state index in [0.717, 1.165) is 16.6 Å². The molecule has 0 saturated carbocycles. The summed E-state index contributed by atoms with van der Waals surface area (Å²) in [6.07, 6.45) is 0. The van der Waals surface area contributed by atoms with Crippen LogP contribution >= 0.6 is 0 Å². The number of aromatic amines is 1. The molecule has 1 aromatic carbocycles. The Kier molecular flexibility index (Phi) is 2.08. The highest BCUT2D eigenvalue weighted by molar-refractivity contribution is 6.15. The Labute approximate surface area is 87.0 Å². The van der Waals surface area contributed by atoms with E-state index in [9.17, 15) is 4.79 Å². The monoisotopic (exact) mass is 201 g/mol. The highest BCUT2D eigenvalue weighted by Crippen LogP contribution is 2.20. The van der Waals surface area contributed by atoms with Crippen molar-refractivity contribution in [2.45, 2.75) is 6.92 Å². The molecule has 0 aliphatic heterocycles. The molecule has 0 radical (unpaired) electrons. The van der Waals surface area contributed by atoms with Crippen molar-refractivity contribution in [1.82, 2.24) is 4.98 Å². The Morgan fingerprint density at radius 2 is 2.13 bits per heavy atom. The van der Waals surface area contributed by atoms with Gasteiger partial charge in [0.05, 0.1) is 5.57 Å². The number of hydrogen-bond donors (Lipinski definition) is 2. The second kappa shape index (κ2) is 3.28. The smallest absolute Gasteiger partial charge is 0.335 e. The predicted octanol–water partition coefficient (Wildman–Crippen LogP) is 2.57. The zero-order valence-corrected chi connectivity index (χ0v) is 8.37. The third-order valence-corrected chi connectivity index (χ3v) is 2.36. The second-order valence-corrected chi connectivity index (χ2v) is 3.54. The molecule has 0 atom stereocenters. The zero-order valence-electron chi connectivity index (χ0n) is 8.37. The summed E-state index contributed by atoms with van der Waals surface area (Å²) in [5.74, 6) is -0.988. The maximum atomic E-state index is 10.7. The number of nitrogens with one attached hydrogen (secondary N) is 1. The number of hydrogen-bond acceptors (Lipinski definition) is 1. The summed E-state index contributed by atoms with van der Waals surface area (Å²) in [7, 11) is 0. The molecular weight excluding hydrogens is 190 g/mol. The number of carboxylic acids is 1. The number of benzene rings is 1. The zero-order chi connectivity index (χ0) is 11.0. The summed E-state index contributed by atoms with van der Waals surface area (Å²) < 4.78 is 0. The first-order valence-corrected chi connectivity index (χ1v) is 4.60. The molecule has 0 aliphatic rings. The van der Waals surface area contributed by atoms with E-state index < -0.39 is 5.97 Å². The Hall–Kier alpha value is -2.03. The maximum Gasteiger partial charge on any atom is 0.335 e. The van der Waals surface area contributed by atoms with Crippen molar-refractivity contribution >= 4 is 22.4 Å². The van der Waals surface area contributed by atoms with E-state index in [2.05, 4.69) is 11.6 Å². The Morgan fingerprint density at radius 3 is 2.80 bits per heavy atom. The summed E-state index contributed by atoms with van der Waals surface area (Å²) in [6, 6.07) is 7.48. The van der Waals surface area contributed by atoms with Gasteiger partial charge in [-0.1, -0.05) is 18.7 Å². The van der Waals surface area contributed by atoms with Crippen molar-refractivity contribution in [2.75, 3.05) is 0 Å². The number of rotatable bonds is 2. The van der Waals surface area contributed by atoms with Gasteiger partial charge in [-0.15, -0.1) is 0 Å². The Bertz CT molecular complexity index is 552. The molecule has 0 spiro atoms. The van der Waals surface area contributed by atoms with Crippen LogP contribution in [-0.2, 0) is 4.79 Å². The molecule has 0 unspecified atom stereocenters. The third kappa shape index (κ3) is 1.64. The molecule has 0 amide bonds. The number of aromatic nitrogens is 1. The quantitative estimate of drug-likeness (QED) is 0.734. The lowest BCUT2D eigenvalue weighted by atomic mass is 10.1. The fraction of sp³-hybridized carbons (Fsp3) is 0.0833. The Balaban J connectivity index is 2.55. The summed E-state index contributed by atoms with van der Waals surface area (Å²) in [6.45, 7) is 5.49. The molecule has 0 fully saturated rings. The fourth-order valence-electron chi connectivity index (χ4n) is 1.58. The van der Waals surface area contributed by atoms with Crippen LogP contribution in [0.15, 0.2) is 30.8 Å². The molecule has 2 rings (SSSR count). The molecule has 0 saturated heterocycles. The molecular formula is C12H11NO2. The summed E-state index contributed by atoms with van der Waals surface area (Å²) in [5.41, 5.74) is 2.75. The van der Waals surface area contributed by atoms with E-state index in [-0.39, 0.29) is 5.57 Å². The molecule has 1 heterocycles. The molecule has 3 heteroatoms. The van der Waals surface area contributed by atoms with Crippen molar-refractivity contribution < 1.29 is 9.90 Å². The number of carbonyl (C=O) groups is 1. The summed E-state index contributed by atoms with van der Waals surface area (Å²) >= 11 is 0. The van der Waals surface area contributed by atoms with Gasteiger partial charge in [-0.3, -0.25) is 0 Å². The molecule has 2 aromatic rings. The van der Waals surface area contributed by atoms with Crippen LogP contribution in [0.25, 0.3) is 16.5 Å². The summed E-state index contributed by atoms with van der Waals surface area (Å²) in [5, 5.41) is 9.88. The molecule has 1 aromatic heterocycles. The topological polar surface area (TPSA) is 53.1 Å². The average molecular weight is 201 g/mol. The van der Waals surface area contributed by atoms with Gasteiger partial charge in [-0.25, -0.2) is 4.79 Å². The van der Waals surface area contributed by atoms with Gasteiger partial charge in [-0.2, -0.15) is 0 Å². The lowest BCUT2D eigenvalue weighted by Crippen LogP contribution is -1.97. The largest absolute Gasteiger partial charge is 0.478 e. The van der Waals surface area contributed by atoms with Gasteiger partial charge < -0.3 is 10.1 Å². The Morgan fingerprint density at radius 1 is 1.40 bits per heavy atom. The molecule has 0 aliphatic carbocycles. The van der Waals surface area contributed by atoms with E-state index in [4.69, 9.17) is 5.11 Å². The SMILES string of the molecule is C=C(C(=O)O)c1ccc2cc(C)[nH]c2c1. The first-order valence-electron chi connectivity index (χ1n) is 4.60. The lowest BCUT2D eigenvalue weighted by molar-refractivity contribution is -0.130. The van der Waals surface area contributed by atoms with Gasteiger partial charge in [0, 0.05) is 11.2 Å². The van der Waals surface area contributed by atoms with Crippen LogP contribution in [0.3, 0.4) is 0 Å². The third-order valence-electron chi connectivity index (χ3n) is 2.36. The first kappa shape index (κ1) is 9.52. The first-order chi connectivity index (χ1) is 7.08. The van der Waals surface area contributed by atoms with Crippen LogP contribution in [-0.4, -0.2) is 16.1 Å². The summed E-state index contributed by atoms with van der Waals surface area (Å²) in [4.78, 5) is 13.9. The van der Waals surface area contributed by atoms with Crippen molar-refractivity contribution in [3.05, 3.63) is 42.1 Å². The highest BCUT2D eigenvalue weighted by atomic mass is 16.4. The van der Waals surface area contributed by atoms with E-state index in [1.807, 2.05) is 19.1 Å². The van der Waals surface area contributed by atoms with Gasteiger partial charge in [-0.05, 0) is 30.0 Å². The van der Waals surface area contributed by atoms with Crippen molar-refractivity contribution in [1.29, 1.82) is 0 Å². The predicted molar refractivity (Wildman–Crippen MR) is 59.7 cm³/mol. The minimum absolute atomic E-state index is 0.115. The molecule has 2 N–H and O–H groups in total. The highest BCUT2D eigenvalue weighted by Gasteiger charge is 2.08. The van der Waals surface area contributed by atoms with Gasteiger partial charge in [0.2, 0.25) is 0 Å². The van der Waals surface area contributed by atoms with Crippen LogP contribution < -0.4 is 0 Å². The second-order valence-electron chi connectivity index (χ2n) is 3.54. The van der Waals surface area contributed by atoms with Gasteiger partial charge in [0.15, 0.2) is 0 Å². The normalized spacial score (nSPS) is 10.5. The number of H-pyrrole nitrogens is 1. The van der Waals surface area contributed by atoms with Gasteiger partial charge >= 0.3 is 5.97 Å². The molecule has 15 heavy (non-hydrogen) atoms. The number of aryl methyl sites for hydroxylation is 1. The van der Waals surface area contributed by atoms with E-state index >= 15 is 0 Å². The van der Waals surface area contributed by atoms with E-state index in [1.165, 1.54) is 0 Å². The van der Waals surface area contributed by atoms with Crippen molar-refractivity contribution in [2.24, 2.45) is 0 Å². The van der Waals surface area contributed by atoms with Crippen LogP contribution in [0.4, 0.5) is 0 Å². The number of carboxylic acid groups (broad SMARTS) is 1. The van der Waals surface area contributed by atoms with Crippen LogP contribution in [0, 0.1) is 6.92 Å². The number of aliphatic carboxylic acids is 1. The van der Waals surface area contributed by atoms with Gasteiger partial charge in [0.1, 0.15) is 0 Å². The van der Waals surface area contributed by atoms with Crippen molar-refractivity contribution in [3.63, 3.8) is 0 Å².